The van der Waals surface area contributed by atoms with Crippen LogP contribution < -0.4 is 5.32 Å². The van der Waals surface area contributed by atoms with E-state index in [9.17, 15) is 9.59 Å². The zero-order valence-electron chi connectivity index (χ0n) is 11.9. The van der Waals surface area contributed by atoms with Gasteiger partial charge in [0.15, 0.2) is 0 Å². The van der Waals surface area contributed by atoms with Crippen molar-refractivity contribution in [2.75, 3.05) is 6.61 Å². The summed E-state index contributed by atoms with van der Waals surface area (Å²) in [6, 6.07) is 8.32. The second-order valence-corrected chi connectivity index (χ2v) is 5.19. The molecule has 0 saturated carbocycles. The quantitative estimate of drug-likeness (QED) is 0.649. The third-order valence-corrected chi connectivity index (χ3v) is 3.28. The maximum absolute atomic E-state index is 12.1. The predicted molar refractivity (Wildman–Crippen MR) is 78.4 cm³/mol. The van der Waals surface area contributed by atoms with Crippen LogP contribution in [-0.2, 0) is 14.3 Å². The van der Waals surface area contributed by atoms with Crippen LogP contribution in [0.4, 0.5) is 0 Å². The number of hydrogen-bond donors (Lipinski definition) is 1. The Morgan fingerprint density at radius 3 is 2.35 bits per heavy atom. The van der Waals surface area contributed by atoms with Gasteiger partial charge in [0.05, 0.1) is 6.61 Å². The first-order valence-electron chi connectivity index (χ1n) is 6.63. The number of hydrogen-bond acceptors (Lipinski definition) is 3. The molecule has 0 aliphatic heterocycles. The van der Waals surface area contributed by atoms with Crippen molar-refractivity contribution in [3.63, 3.8) is 0 Å². The van der Waals surface area contributed by atoms with Gasteiger partial charge in [-0.2, -0.15) is 0 Å². The van der Waals surface area contributed by atoms with Gasteiger partial charge in [0.25, 0.3) is 0 Å². The minimum absolute atomic E-state index is 0.0716. The number of esters is 1. The van der Waals surface area contributed by atoms with Gasteiger partial charge in [-0.05, 0) is 18.4 Å². The summed E-state index contributed by atoms with van der Waals surface area (Å²) >= 11 is 6.12. The smallest absolute Gasteiger partial charge is 0.328 e. The Morgan fingerprint density at radius 1 is 1.25 bits per heavy atom. The molecular weight excluding hydrogens is 278 g/mol. The van der Waals surface area contributed by atoms with Crippen LogP contribution in [0.1, 0.15) is 31.7 Å². The van der Waals surface area contributed by atoms with Crippen molar-refractivity contribution in [3.05, 3.63) is 35.9 Å². The highest BCUT2D eigenvalue weighted by molar-refractivity contribution is 6.30. The van der Waals surface area contributed by atoms with Gasteiger partial charge in [-0.1, -0.05) is 44.2 Å². The van der Waals surface area contributed by atoms with E-state index in [-0.39, 0.29) is 12.5 Å². The molecule has 0 aromatic heterocycles. The van der Waals surface area contributed by atoms with Crippen LogP contribution in [0.25, 0.3) is 0 Å². The molecule has 0 heterocycles. The molecule has 4 nitrogen and oxygen atoms in total. The lowest BCUT2D eigenvalue weighted by molar-refractivity contribution is -0.148. The first kappa shape index (κ1) is 16.5. The fourth-order valence-corrected chi connectivity index (χ4v) is 1.94. The summed E-state index contributed by atoms with van der Waals surface area (Å²) < 4.78 is 4.95. The van der Waals surface area contributed by atoms with Gasteiger partial charge >= 0.3 is 5.97 Å². The lowest BCUT2D eigenvalue weighted by Gasteiger charge is -2.22. The predicted octanol–water partition coefficient (Wildman–Crippen LogP) is 2.67. The highest BCUT2D eigenvalue weighted by Gasteiger charge is 2.28. The lowest BCUT2D eigenvalue weighted by Crippen LogP contribution is -2.46. The summed E-state index contributed by atoms with van der Waals surface area (Å²) in [7, 11) is 0. The number of carbonyl (C=O) groups is 2. The minimum Gasteiger partial charge on any atom is -0.464 e. The molecule has 5 heteroatoms. The Labute approximate surface area is 124 Å². The topological polar surface area (TPSA) is 55.4 Å². The van der Waals surface area contributed by atoms with E-state index < -0.39 is 23.3 Å². The summed E-state index contributed by atoms with van der Waals surface area (Å²) in [5.74, 6) is -0.907. The molecule has 1 aromatic rings. The van der Waals surface area contributed by atoms with Crippen LogP contribution in [0.5, 0.6) is 0 Å². The third-order valence-electron chi connectivity index (χ3n) is 2.83. The molecule has 0 saturated heterocycles. The van der Waals surface area contributed by atoms with Crippen molar-refractivity contribution >= 4 is 23.5 Å². The van der Waals surface area contributed by atoms with Crippen molar-refractivity contribution in [2.24, 2.45) is 5.92 Å². The van der Waals surface area contributed by atoms with Crippen LogP contribution >= 0.6 is 11.6 Å². The van der Waals surface area contributed by atoms with Crippen molar-refractivity contribution in [3.8, 4) is 0 Å². The molecule has 0 spiro atoms. The average molecular weight is 298 g/mol. The van der Waals surface area contributed by atoms with Gasteiger partial charge in [-0.25, -0.2) is 4.79 Å². The average Bonchev–Trinajstić information content (AvgIpc) is 2.44. The summed E-state index contributed by atoms with van der Waals surface area (Å²) in [6.07, 6.45) is 0. The van der Waals surface area contributed by atoms with E-state index in [0.717, 1.165) is 0 Å². The van der Waals surface area contributed by atoms with Gasteiger partial charge in [0, 0.05) is 0 Å². The van der Waals surface area contributed by atoms with Gasteiger partial charge in [0.1, 0.15) is 11.4 Å². The second-order valence-electron chi connectivity index (χ2n) is 4.76. The zero-order chi connectivity index (χ0) is 15.1. The highest BCUT2D eigenvalue weighted by Crippen LogP contribution is 2.20. The number of nitrogens with one attached hydrogen (secondary N) is 1. The van der Waals surface area contributed by atoms with Crippen LogP contribution in [0.15, 0.2) is 30.3 Å². The molecule has 1 amide bonds. The zero-order valence-corrected chi connectivity index (χ0v) is 12.7. The molecule has 0 bridgehead atoms. The number of carbonyl (C=O) groups excluding carboxylic acids is 2. The van der Waals surface area contributed by atoms with Crippen molar-refractivity contribution in [1.82, 2.24) is 5.32 Å². The largest absolute Gasteiger partial charge is 0.464 e. The fraction of sp³-hybridized carbons (Fsp3) is 0.467. The summed E-state index contributed by atoms with van der Waals surface area (Å²) in [4.78, 5) is 23.9. The standard InChI is InChI=1S/C15H20ClNO3/c1-4-20-15(19)13(10(2)3)17-14(18)12(16)11-8-6-5-7-9-11/h5-10,12-13H,4H2,1-3H3,(H,17,18). The van der Waals surface area contributed by atoms with E-state index in [1.54, 1.807) is 19.1 Å². The van der Waals surface area contributed by atoms with Gasteiger partial charge in [-0.3, -0.25) is 4.79 Å². The molecule has 1 N–H and O–H groups in total. The van der Waals surface area contributed by atoms with E-state index in [1.807, 2.05) is 32.0 Å². The molecule has 2 unspecified atom stereocenters. The SMILES string of the molecule is CCOC(=O)C(NC(=O)C(Cl)c1ccccc1)C(C)C. The molecule has 0 radical (unpaired) electrons. The molecule has 0 aliphatic carbocycles. The number of rotatable bonds is 6. The second kappa shape index (κ2) is 7.90. The summed E-state index contributed by atoms with van der Waals surface area (Å²) in [6.45, 7) is 5.69. The number of halogens is 1. The summed E-state index contributed by atoms with van der Waals surface area (Å²) in [5, 5.41) is 1.83. The van der Waals surface area contributed by atoms with Crippen molar-refractivity contribution in [1.29, 1.82) is 0 Å². The Balaban J connectivity index is 2.74. The number of amides is 1. The Morgan fingerprint density at radius 2 is 1.85 bits per heavy atom. The lowest BCUT2D eigenvalue weighted by atomic mass is 10.0. The molecule has 110 valence electrons. The van der Waals surface area contributed by atoms with Crippen molar-refractivity contribution in [2.45, 2.75) is 32.2 Å². The Kier molecular flexibility index (Phi) is 6.52. The van der Waals surface area contributed by atoms with Crippen LogP contribution in [0, 0.1) is 5.92 Å². The number of ether oxygens (including phenoxy) is 1. The third kappa shape index (κ3) is 4.53. The molecule has 0 aliphatic rings. The Hall–Kier alpha value is -1.55. The fourth-order valence-electron chi connectivity index (χ4n) is 1.73. The van der Waals surface area contributed by atoms with E-state index >= 15 is 0 Å². The molecular formula is C15H20ClNO3. The molecule has 0 fully saturated rings. The van der Waals surface area contributed by atoms with Crippen LogP contribution in [0.3, 0.4) is 0 Å². The minimum atomic E-state index is -0.827. The van der Waals surface area contributed by atoms with E-state index in [0.29, 0.717) is 5.56 Å². The Bertz CT molecular complexity index is 448. The van der Waals surface area contributed by atoms with Gasteiger partial charge in [0.2, 0.25) is 5.91 Å². The number of alkyl halides is 1. The molecule has 1 rings (SSSR count). The maximum atomic E-state index is 12.1. The first-order chi connectivity index (χ1) is 9.47. The normalized spacial score (nSPS) is 13.7. The first-order valence-corrected chi connectivity index (χ1v) is 7.07. The number of benzene rings is 1. The maximum Gasteiger partial charge on any atom is 0.328 e. The molecule has 2 atom stereocenters. The molecule has 1 aromatic carbocycles. The van der Waals surface area contributed by atoms with Gasteiger partial charge < -0.3 is 10.1 Å². The highest BCUT2D eigenvalue weighted by atomic mass is 35.5. The van der Waals surface area contributed by atoms with Crippen LogP contribution in [-0.4, -0.2) is 24.5 Å². The van der Waals surface area contributed by atoms with E-state index in [1.165, 1.54) is 0 Å². The summed E-state index contributed by atoms with van der Waals surface area (Å²) in [5.41, 5.74) is 0.693. The molecule has 20 heavy (non-hydrogen) atoms. The van der Waals surface area contributed by atoms with E-state index in [4.69, 9.17) is 16.3 Å². The van der Waals surface area contributed by atoms with Gasteiger partial charge in [-0.15, -0.1) is 11.6 Å². The monoisotopic (exact) mass is 297 g/mol. The van der Waals surface area contributed by atoms with Crippen LogP contribution in [0.2, 0.25) is 0 Å². The van der Waals surface area contributed by atoms with E-state index in [2.05, 4.69) is 5.32 Å². The van der Waals surface area contributed by atoms with Crippen molar-refractivity contribution < 1.29 is 14.3 Å².